The Bertz CT molecular complexity index is 630. The first-order valence-electron chi connectivity index (χ1n) is 5.03. The summed E-state index contributed by atoms with van der Waals surface area (Å²) in [5.74, 6) is 0.474. The first-order valence-corrected chi connectivity index (χ1v) is 6.52. The van der Waals surface area contributed by atoms with Gasteiger partial charge in [0.2, 0.25) is 0 Å². The van der Waals surface area contributed by atoms with Crippen molar-refractivity contribution in [3.63, 3.8) is 0 Å². The normalized spacial score (nSPS) is 10.9. The van der Waals surface area contributed by atoms with Crippen molar-refractivity contribution in [3.05, 3.63) is 37.1 Å². The molecule has 0 aliphatic rings. The third-order valence-corrected chi connectivity index (χ3v) is 3.49. The van der Waals surface area contributed by atoms with Crippen LogP contribution in [0.15, 0.2) is 41.9 Å². The topological polar surface area (TPSA) is 96.9 Å². The van der Waals surface area contributed by atoms with E-state index < -0.39 is 10.0 Å². The molecule has 0 spiro atoms. The van der Waals surface area contributed by atoms with E-state index in [0.29, 0.717) is 11.5 Å². The average molecular weight is 265 g/mol. The molecule has 0 saturated heterocycles. The molecule has 0 bridgehead atoms. The minimum atomic E-state index is -3.66. The van der Waals surface area contributed by atoms with E-state index in [2.05, 4.69) is 25.0 Å². The van der Waals surface area contributed by atoms with Crippen LogP contribution in [-0.2, 0) is 10.0 Å². The Morgan fingerprint density at radius 1 is 1.22 bits per heavy atom. The molecule has 0 aliphatic carbocycles. The van der Waals surface area contributed by atoms with Gasteiger partial charge in [-0.15, -0.1) is 0 Å². The maximum Gasteiger partial charge on any atom is 0.262 e. The molecule has 7 nitrogen and oxygen atoms in total. The molecule has 0 aliphatic heterocycles. The Labute approximate surface area is 104 Å². The predicted octanol–water partition coefficient (Wildman–Crippen LogP) is 0.714. The highest BCUT2D eigenvalue weighted by atomic mass is 32.2. The van der Waals surface area contributed by atoms with Crippen LogP contribution in [0.4, 0.5) is 11.5 Å². The number of aromatic nitrogens is 3. The van der Waals surface area contributed by atoms with Gasteiger partial charge in [-0.1, -0.05) is 0 Å². The van der Waals surface area contributed by atoms with Crippen molar-refractivity contribution in [1.29, 1.82) is 0 Å². The van der Waals surface area contributed by atoms with Crippen LogP contribution in [0.2, 0.25) is 0 Å². The van der Waals surface area contributed by atoms with E-state index in [-0.39, 0.29) is 4.90 Å². The Kier molecular flexibility index (Phi) is 3.38. The summed E-state index contributed by atoms with van der Waals surface area (Å²) < 4.78 is 26.5. The van der Waals surface area contributed by atoms with Gasteiger partial charge in [-0.05, 0) is 6.07 Å². The van der Waals surface area contributed by atoms with Gasteiger partial charge >= 0.3 is 0 Å². The van der Waals surface area contributed by atoms with Crippen molar-refractivity contribution in [1.82, 2.24) is 15.0 Å². The van der Waals surface area contributed by atoms with Gasteiger partial charge in [0.1, 0.15) is 12.1 Å². The quantitative estimate of drug-likeness (QED) is 0.845. The summed E-state index contributed by atoms with van der Waals surface area (Å²) in [6.07, 6.45) is 5.50. The summed E-state index contributed by atoms with van der Waals surface area (Å²) in [5, 5.41) is 2.78. The molecular formula is C10H11N5O2S. The van der Waals surface area contributed by atoms with Crippen LogP contribution in [0.3, 0.4) is 0 Å². The molecule has 0 amide bonds. The number of nitrogens with zero attached hydrogens (tertiary/aromatic N) is 3. The lowest BCUT2D eigenvalue weighted by Gasteiger charge is -2.08. The minimum absolute atomic E-state index is 0.116. The molecule has 0 fully saturated rings. The number of rotatable bonds is 4. The van der Waals surface area contributed by atoms with Gasteiger partial charge < -0.3 is 5.32 Å². The summed E-state index contributed by atoms with van der Waals surface area (Å²) in [4.78, 5) is 11.5. The number of anilines is 2. The fourth-order valence-corrected chi connectivity index (χ4v) is 2.32. The minimum Gasteiger partial charge on any atom is -0.373 e. The molecule has 0 atom stereocenters. The first kappa shape index (κ1) is 12.2. The molecule has 0 aromatic carbocycles. The first-order chi connectivity index (χ1) is 8.62. The molecule has 0 saturated carbocycles. The second-order valence-electron chi connectivity index (χ2n) is 3.36. The monoisotopic (exact) mass is 265 g/mol. The van der Waals surface area contributed by atoms with Crippen LogP contribution in [0, 0.1) is 0 Å². The van der Waals surface area contributed by atoms with Crippen molar-refractivity contribution in [2.45, 2.75) is 4.90 Å². The third-order valence-electron chi connectivity index (χ3n) is 2.11. The zero-order chi connectivity index (χ0) is 13.0. The second kappa shape index (κ2) is 4.96. The second-order valence-corrected chi connectivity index (χ2v) is 5.04. The Balaban J connectivity index is 2.31. The van der Waals surface area contributed by atoms with Crippen molar-refractivity contribution < 1.29 is 8.42 Å². The van der Waals surface area contributed by atoms with Crippen LogP contribution in [0.25, 0.3) is 0 Å². The predicted molar refractivity (Wildman–Crippen MR) is 66.6 cm³/mol. The van der Waals surface area contributed by atoms with E-state index in [0.717, 1.165) is 0 Å². The van der Waals surface area contributed by atoms with E-state index >= 15 is 0 Å². The van der Waals surface area contributed by atoms with Crippen molar-refractivity contribution in [2.24, 2.45) is 0 Å². The summed E-state index contributed by atoms with van der Waals surface area (Å²) in [6.45, 7) is 0. The van der Waals surface area contributed by atoms with E-state index in [4.69, 9.17) is 0 Å². The van der Waals surface area contributed by atoms with Gasteiger partial charge in [-0.2, -0.15) is 0 Å². The highest BCUT2D eigenvalue weighted by molar-refractivity contribution is 7.92. The largest absolute Gasteiger partial charge is 0.373 e. The average Bonchev–Trinajstić information content (AvgIpc) is 2.39. The van der Waals surface area contributed by atoms with E-state index in [9.17, 15) is 8.42 Å². The third kappa shape index (κ3) is 2.72. The summed E-state index contributed by atoms with van der Waals surface area (Å²) >= 11 is 0. The molecule has 2 aromatic heterocycles. The molecule has 0 unspecified atom stereocenters. The van der Waals surface area contributed by atoms with Crippen LogP contribution >= 0.6 is 0 Å². The number of sulfonamides is 1. The van der Waals surface area contributed by atoms with Gasteiger partial charge in [0.15, 0.2) is 0 Å². The van der Waals surface area contributed by atoms with Crippen LogP contribution in [-0.4, -0.2) is 30.4 Å². The summed E-state index contributed by atoms with van der Waals surface area (Å²) in [7, 11) is -1.99. The van der Waals surface area contributed by atoms with Gasteiger partial charge in [-0.3, -0.25) is 4.72 Å². The maximum atomic E-state index is 12.0. The van der Waals surface area contributed by atoms with Gasteiger partial charge in [0, 0.05) is 19.3 Å². The van der Waals surface area contributed by atoms with Crippen LogP contribution in [0.5, 0.6) is 0 Å². The molecule has 2 N–H and O–H groups in total. The van der Waals surface area contributed by atoms with Crippen LogP contribution in [0.1, 0.15) is 0 Å². The SMILES string of the molecule is CNc1cc(S(=O)(=O)Nc2cncnc2)ccn1. The van der Waals surface area contributed by atoms with Crippen molar-refractivity contribution in [2.75, 3.05) is 17.1 Å². The zero-order valence-corrected chi connectivity index (χ0v) is 10.3. The molecule has 18 heavy (non-hydrogen) atoms. The number of hydrogen-bond donors (Lipinski definition) is 2. The zero-order valence-electron chi connectivity index (χ0n) is 9.53. The standard InChI is InChI=1S/C10H11N5O2S/c1-11-10-4-9(2-3-14-10)18(16,17)15-8-5-12-7-13-6-8/h2-7,15H,1H3,(H,11,14). The van der Waals surface area contributed by atoms with Crippen LogP contribution < -0.4 is 10.0 Å². The summed E-state index contributed by atoms with van der Waals surface area (Å²) in [6, 6.07) is 2.85. The van der Waals surface area contributed by atoms with Gasteiger partial charge in [0.25, 0.3) is 10.0 Å². The molecular weight excluding hydrogens is 254 g/mol. The Hall–Kier alpha value is -2.22. The molecule has 94 valence electrons. The van der Waals surface area contributed by atoms with E-state index in [1.54, 1.807) is 7.05 Å². The molecule has 2 rings (SSSR count). The fourth-order valence-electron chi connectivity index (χ4n) is 1.28. The number of nitrogens with one attached hydrogen (secondary N) is 2. The summed E-state index contributed by atoms with van der Waals surface area (Å²) in [5.41, 5.74) is 0.306. The lowest BCUT2D eigenvalue weighted by molar-refractivity contribution is 0.601. The molecule has 2 aromatic rings. The lowest BCUT2D eigenvalue weighted by atomic mass is 10.5. The smallest absolute Gasteiger partial charge is 0.262 e. The molecule has 8 heteroatoms. The Morgan fingerprint density at radius 3 is 2.61 bits per heavy atom. The number of pyridine rings is 1. The fraction of sp³-hybridized carbons (Fsp3) is 0.100. The maximum absolute atomic E-state index is 12.0. The van der Waals surface area contributed by atoms with E-state index in [1.165, 1.54) is 37.1 Å². The van der Waals surface area contributed by atoms with Gasteiger partial charge in [-0.25, -0.2) is 23.4 Å². The lowest BCUT2D eigenvalue weighted by Crippen LogP contribution is -2.13. The highest BCUT2D eigenvalue weighted by Crippen LogP contribution is 2.16. The molecule has 0 radical (unpaired) electrons. The molecule has 2 heterocycles. The number of hydrogen-bond acceptors (Lipinski definition) is 6. The van der Waals surface area contributed by atoms with Gasteiger partial charge in [0.05, 0.1) is 23.0 Å². The van der Waals surface area contributed by atoms with Crippen molar-refractivity contribution in [3.8, 4) is 0 Å². The Morgan fingerprint density at radius 2 is 1.94 bits per heavy atom. The van der Waals surface area contributed by atoms with E-state index in [1.807, 2.05) is 0 Å². The van der Waals surface area contributed by atoms with Crippen molar-refractivity contribution >= 4 is 21.5 Å². The highest BCUT2D eigenvalue weighted by Gasteiger charge is 2.15.